The summed E-state index contributed by atoms with van der Waals surface area (Å²) >= 11 is 0. The molecule has 0 atom stereocenters. The van der Waals surface area contributed by atoms with Crippen LogP contribution >= 0.6 is 0 Å². The first-order chi connectivity index (χ1) is 6.26. The Bertz CT molecular complexity index is 234. The fourth-order valence-corrected chi connectivity index (χ4v) is 1.27. The summed E-state index contributed by atoms with van der Waals surface area (Å²) in [4.78, 5) is 20.4. The van der Waals surface area contributed by atoms with Crippen molar-refractivity contribution in [2.45, 2.75) is 19.3 Å². The SMILES string of the molecule is CON=C1CC(=O)CC(=NOC)C1. The molecule has 0 aromatic heterocycles. The molecular weight excluding hydrogens is 172 g/mol. The first kappa shape index (κ1) is 9.70. The maximum atomic E-state index is 11.2. The summed E-state index contributed by atoms with van der Waals surface area (Å²) in [6.45, 7) is 0. The van der Waals surface area contributed by atoms with Crippen molar-refractivity contribution in [2.24, 2.45) is 10.3 Å². The van der Waals surface area contributed by atoms with Crippen molar-refractivity contribution in [3.63, 3.8) is 0 Å². The lowest BCUT2D eigenvalue weighted by atomic mass is 9.95. The van der Waals surface area contributed by atoms with Gasteiger partial charge in [0.05, 0.1) is 11.4 Å². The van der Waals surface area contributed by atoms with Crippen LogP contribution < -0.4 is 0 Å². The molecule has 0 bridgehead atoms. The predicted octanol–water partition coefficient (Wildman–Crippen LogP) is 0.744. The first-order valence-electron chi connectivity index (χ1n) is 3.95. The first-order valence-corrected chi connectivity index (χ1v) is 3.95. The number of carbonyl (C=O) groups excluding carboxylic acids is 1. The van der Waals surface area contributed by atoms with E-state index in [1.807, 2.05) is 0 Å². The molecule has 0 aromatic rings. The van der Waals surface area contributed by atoms with E-state index in [2.05, 4.69) is 20.0 Å². The molecule has 1 aliphatic rings. The Kier molecular flexibility index (Phi) is 3.42. The molecule has 1 rings (SSSR count). The molecule has 5 heteroatoms. The van der Waals surface area contributed by atoms with Crippen molar-refractivity contribution in [1.29, 1.82) is 0 Å². The fraction of sp³-hybridized carbons (Fsp3) is 0.625. The zero-order valence-electron chi connectivity index (χ0n) is 7.74. The van der Waals surface area contributed by atoms with E-state index in [4.69, 9.17) is 0 Å². The predicted molar refractivity (Wildman–Crippen MR) is 47.7 cm³/mol. The van der Waals surface area contributed by atoms with Crippen molar-refractivity contribution in [3.05, 3.63) is 0 Å². The van der Waals surface area contributed by atoms with Gasteiger partial charge in [-0.2, -0.15) is 0 Å². The highest BCUT2D eigenvalue weighted by Gasteiger charge is 2.21. The Morgan fingerprint density at radius 2 is 1.46 bits per heavy atom. The van der Waals surface area contributed by atoms with E-state index in [0.717, 1.165) is 0 Å². The summed E-state index contributed by atoms with van der Waals surface area (Å²) in [5.74, 6) is 0.0952. The van der Waals surface area contributed by atoms with Gasteiger partial charge in [-0.25, -0.2) is 0 Å². The highest BCUT2D eigenvalue weighted by atomic mass is 16.6. The van der Waals surface area contributed by atoms with Gasteiger partial charge < -0.3 is 9.68 Å². The van der Waals surface area contributed by atoms with Crippen molar-refractivity contribution in [2.75, 3.05) is 14.2 Å². The maximum Gasteiger partial charge on any atom is 0.144 e. The topological polar surface area (TPSA) is 60.2 Å². The highest BCUT2D eigenvalue weighted by molar-refractivity contribution is 6.21. The van der Waals surface area contributed by atoms with E-state index < -0.39 is 0 Å². The number of Topliss-reactive ketones (excluding diaryl/α,β-unsaturated/α-hetero) is 1. The summed E-state index contributed by atoms with van der Waals surface area (Å²) in [5.41, 5.74) is 1.41. The number of rotatable bonds is 2. The van der Waals surface area contributed by atoms with Gasteiger partial charge in [0.2, 0.25) is 0 Å². The summed E-state index contributed by atoms with van der Waals surface area (Å²) in [6, 6.07) is 0. The second kappa shape index (κ2) is 4.59. The molecule has 0 spiro atoms. The zero-order chi connectivity index (χ0) is 9.68. The third kappa shape index (κ3) is 2.85. The molecule has 0 unspecified atom stereocenters. The lowest BCUT2D eigenvalue weighted by Gasteiger charge is -2.12. The van der Waals surface area contributed by atoms with Crippen LogP contribution in [0.3, 0.4) is 0 Å². The Morgan fingerprint density at radius 1 is 1.00 bits per heavy atom. The van der Waals surface area contributed by atoms with Gasteiger partial charge in [0.1, 0.15) is 20.0 Å². The molecule has 0 heterocycles. The van der Waals surface area contributed by atoms with Crippen LogP contribution in [-0.4, -0.2) is 31.4 Å². The molecule has 72 valence electrons. The number of hydrogen-bond acceptors (Lipinski definition) is 5. The number of ketones is 1. The third-order valence-corrected chi connectivity index (χ3v) is 1.65. The van der Waals surface area contributed by atoms with Gasteiger partial charge in [0.25, 0.3) is 0 Å². The van der Waals surface area contributed by atoms with Crippen molar-refractivity contribution >= 4 is 17.2 Å². The minimum absolute atomic E-state index is 0.0952. The number of nitrogens with zero attached hydrogens (tertiary/aromatic N) is 2. The van der Waals surface area contributed by atoms with Crippen molar-refractivity contribution < 1.29 is 14.5 Å². The number of hydrogen-bond donors (Lipinski definition) is 0. The largest absolute Gasteiger partial charge is 0.399 e. The molecule has 0 N–H and O–H groups in total. The summed E-state index contributed by atoms with van der Waals surface area (Å²) in [7, 11) is 2.92. The van der Waals surface area contributed by atoms with E-state index >= 15 is 0 Å². The fourth-order valence-electron chi connectivity index (χ4n) is 1.27. The van der Waals surface area contributed by atoms with Crippen LogP contribution in [0.2, 0.25) is 0 Å². The Morgan fingerprint density at radius 3 is 1.85 bits per heavy atom. The lowest BCUT2D eigenvalue weighted by molar-refractivity contribution is -0.117. The second-order valence-electron chi connectivity index (χ2n) is 2.75. The molecule has 1 fully saturated rings. The molecule has 0 aliphatic heterocycles. The molecule has 0 aromatic carbocycles. The minimum atomic E-state index is 0.0952. The number of carbonyl (C=O) groups is 1. The van der Waals surface area contributed by atoms with Crippen LogP contribution in [0.1, 0.15) is 19.3 Å². The van der Waals surface area contributed by atoms with E-state index in [-0.39, 0.29) is 5.78 Å². The minimum Gasteiger partial charge on any atom is -0.399 e. The van der Waals surface area contributed by atoms with Crippen LogP contribution in [-0.2, 0) is 14.5 Å². The van der Waals surface area contributed by atoms with Crippen LogP contribution in [0.5, 0.6) is 0 Å². The van der Waals surface area contributed by atoms with E-state index in [1.54, 1.807) is 0 Å². The average molecular weight is 184 g/mol. The van der Waals surface area contributed by atoms with Gasteiger partial charge >= 0.3 is 0 Å². The van der Waals surface area contributed by atoms with E-state index in [1.165, 1.54) is 14.2 Å². The quantitative estimate of drug-likeness (QED) is 0.595. The Balaban J connectivity index is 2.68. The van der Waals surface area contributed by atoms with E-state index in [9.17, 15) is 4.79 Å². The molecule has 0 amide bonds. The molecule has 0 radical (unpaired) electrons. The highest BCUT2D eigenvalue weighted by Crippen LogP contribution is 2.10. The third-order valence-electron chi connectivity index (χ3n) is 1.65. The monoisotopic (exact) mass is 184 g/mol. The Hall–Kier alpha value is -1.39. The second-order valence-corrected chi connectivity index (χ2v) is 2.75. The van der Waals surface area contributed by atoms with Crippen LogP contribution in [0.25, 0.3) is 0 Å². The van der Waals surface area contributed by atoms with Gasteiger partial charge in [0, 0.05) is 19.3 Å². The van der Waals surface area contributed by atoms with E-state index in [0.29, 0.717) is 30.7 Å². The molecule has 13 heavy (non-hydrogen) atoms. The van der Waals surface area contributed by atoms with Crippen LogP contribution in [0.4, 0.5) is 0 Å². The normalized spacial score (nSPS) is 23.7. The number of oxime groups is 2. The molecule has 1 aliphatic carbocycles. The van der Waals surface area contributed by atoms with Gasteiger partial charge in [-0.05, 0) is 0 Å². The smallest absolute Gasteiger partial charge is 0.144 e. The van der Waals surface area contributed by atoms with Gasteiger partial charge in [0.15, 0.2) is 0 Å². The Labute approximate surface area is 76.4 Å². The van der Waals surface area contributed by atoms with Gasteiger partial charge in [-0.1, -0.05) is 10.3 Å². The van der Waals surface area contributed by atoms with Gasteiger partial charge in [-0.15, -0.1) is 0 Å². The van der Waals surface area contributed by atoms with Crippen LogP contribution in [0, 0.1) is 0 Å². The van der Waals surface area contributed by atoms with Gasteiger partial charge in [-0.3, -0.25) is 4.79 Å². The average Bonchev–Trinajstić information content (AvgIpc) is 2.04. The molecule has 0 saturated heterocycles. The van der Waals surface area contributed by atoms with Crippen LogP contribution in [0.15, 0.2) is 10.3 Å². The lowest BCUT2D eigenvalue weighted by Crippen LogP contribution is -2.23. The molecule has 5 nitrogen and oxygen atoms in total. The summed E-state index contributed by atoms with van der Waals surface area (Å²) < 4.78 is 0. The molecular formula is C8H12N2O3. The molecule has 1 saturated carbocycles. The maximum absolute atomic E-state index is 11.2. The van der Waals surface area contributed by atoms with Crippen molar-refractivity contribution in [1.82, 2.24) is 0 Å². The standard InChI is InChI=1S/C8H12N2O3/c1-12-9-6-3-7(10-13-2)5-8(11)4-6/h3-5H2,1-2H3. The summed E-state index contributed by atoms with van der Waals surface area (Å²) in [5, 5.41) is 7.45. The summed E-state index contributed by atoms with van der Waals surface area (Å²) in [6.07, 6.45) is 1.28. The zero-order valence-corrected chi connectivity index (χ0v) is 7.74. The van der Waals surface area contributed by atoms with Crippen molar-refractivity contribution in [3.8, 4) is 0 Å².